The summed E-state index contributed by atoms with van der Waals surface area (Å²) in [6.45, 7) is 0. The standard InChI is InChI=1S/C26H20N2O2/c29-25(21-9-3-1-4-10-21)22-16-14-20(15-17-22)19-24-13-7-8-18-28(24)27-26(30)23-11-5-2-6-12-23/h1-18H,19H2. The molecule has 30 heavy (non-hydrogen) atoms. The van der Waals surface area contributed by atoms with Gasteiger partial charge in [0.2, 0.25) is 11.9 Å². The summed E-state index contributed by atoms with van der Waals surface area (Å²) in [5.41, 5.74) is 3.77. The maximum Gasteiger partial charge on any atom is 0.218 e. The number of pyridine rings is 1. The summed E-state index contributed by atoms with van der Waals surface area (Å²) < 4.78 is 1.61. The van der Waals surface area contributed by atoms with Crippen LogP contribution in [0.25, 0.3) is 0 Å². The summed E-state index contributed by atoms with van der Waals surface area (Å²) in [5.74, 6) is -0.294. The fourth-order valence-electron chi connectivity index (χ4n) is 3.18. The first-order valence-electron chi connectivity index (χ1n) is 9.70. The second-order valence-corrected chi connectivity index (χ2v) is 6.88. The molecule has 0 aliphatic carbocycles. The number of hydrogen-bond donors (Lipinski definition) is 0. The third-order valence-electron chi connectivity index (χ3n) is 4.78. The summed E-state index contributed by atoms with van der Waals surface area (Å²) in [7, 11) is 0. The van der Waals surface area contributed by atoms with Gasteiger partial charge >= 0.3 is 0 Å². The van der Waals surface area contributed by atoms with Crippen molar-refractivity contribution >= 4 is 11.7 Å². The second kappa shape index (κ2) is 8.97. The first kappa shape index (κ1) is 19.3. The van der Waals surface area contributed by atoms with Crippen molar-refractivity contribution in [2.24, 2.45) is 5.10 Å². The molecule has 0 aliphatic heterocycles. The fourth-order valence-corrected chi connectivity index (χ4v) is 3.18. The van der Waals surface area contributed by atoms with E-state index in [1.165, 1.54) is 0 Å². The Bertz CT molecular complexity index is 1170. The number of hydrogen-bond acceptors (Lipinski definition) is 3. The topological polar surface area (TPSA) is 56.4 Å². The number of benzene rings is 3. The SMILES string of the molecule is O=C(c1ccccc1)c1ccc(Cc2cccc[n+]2/N=C(\[O-])c2ccccc2)cc1. The Labute approximate surface area is 175 Å². The summed E-state index contributed by atoms with van der Waals surface area (Å²) in [6.07, 6.45) is 2.36. The van der Waals surface area contributed by atoms with Crippen LogP contribution in [0.5, 0.6) is 0 Å². The van der Waals surface area contributed by atoms with Crippen LogP contribution in [0.2, 0.25) is 0 Å². The van der Waals surface area contributed by atoms with Crippen molar-refractivity contribution in [1.82, 2.24) is 0 Å². The van der Waals surface area contributed by atoms with Gasteiger partial charge in [0.05, 0.1) is 12.3 Å². The summed E-state index contributed by atoms with van der Waals surface area (Å²) in [4.78, 5) is 12.6. The Morgan fingerprint density at radius 1 is 0.700 bits per heavy atom. The molecule has 0 amide bonds. The van der Waals surface area contributed by atoms with Crippen molar-refractivity contribution in [2.75, 3.05) is 0 Å². The monoisotopic (exact) mass is 392 g/mol. The molecule has 4 nitrogen and oxygen atoms in total. The van der Waals surface area contributed by atoms with Crippen molar-refractivity contribution < 1.29 is 14.6 Å². The van der Waals surface area contributed by atoms with Crippen molar-refractivity contribution in [3.63, 3.8) is 0 Å². The van der Waals surface area contributed by atoms with E-state index in [9.17, 15) is 9.90 Å². The van der Waals surface area contributed by atoms with E-state index in [0.717, 1.165) is 11.3 Å². The van der Waals surface area contributed by atoms with Gasteiger partial charge < -0.3 is 5.11 Å². The highest BCUT2D eigenvalue weighted by Gasteiger charge is 2.12. The van der Waals surface area contributed by atoms with Gasteiger partial charge in [-0.1, -0.05) is 89.6 Å². The van der Waals surface area contributed by atoms with E-state index >= 15 is 0 Å². The van der Waals surface area contributed by atoms with Gasteiger partial charge in [-0.25, -0.2) is 0 Å². The molecule has 4 rings (SSSR count). The van der Waals surface area contributed by atoms with Gasteiger partial charge in [0, 0.05) is 23.3 Å². The molecule has 0 saturated carbocycles. The Balaban J connectivity index is 1.55. The highest BCUT2D eigenvalue weighted by molar-refractivity contribution is 6.08. The molecule has 3 aromatic carbocycles. The largest absolute Gasteiger partial charge is 0.854 e. The molecule has 4 aromatic rings. The van der Waals surface area contributed by atoms with Crippen LogP contribution in [0.4, 0.5) is 0 Å². The Hall–Kier alpha value is -4.05. The van der Waals surface area contributed by atoms with Crippen LogP contribution in [0.3, 0.4) is 0 Å². The lowest BCUT2D eigenvalue weighted by atomic mass is 10.0. The number of carbonyl (C=O) groups excluding carboxylic acids is 1. The molecule has 0 radical (unpaired) electrons. The van der Waals surface area contributed by atoms with E-state index in [1.807, 2.05) is 91.0 Å². The van der Waals surface area contributed by atoms with Crippen LogP contribution in [-0.4, -0.2) is 11.7 Å². The average molecular weight is 392 g/mol. The number of ketones is 1. The zero-order chi connectivity index (χ0) is 20.8. The summed E-state index contributed by atoms with van der Waals surface area (Å²) in [6, 6.07) is 31.5. The maximum absolute atomic E-state index is 12.6. The lowest BCUT2D eigenvalue weighted by Gasteiger charge is -2.07. The minimum absolute atomic E-state index is 0.000355. The molecule has 0 N–H and O–H groups in total. The number of nitrogens with zero attached hydrogens (tertiary/aromatic N) is 2. The van der Waals surface area contributed by atoms with Crippen molar-refractivity contribution in [2.45, 2.75) is 6.42 Å². The third-order valence-corrected chi connectivity index (χ3v) is 4.78. The van der Waals surface area contributed by atoms with Crippen LogP contribution in [0.15, 0.2) is 114 Å². The van der Waals surface area contributed by atoms with E-state index in [1.54, 1.807) is 23.0 Å². The van der Waals surface area contributed by atoms with E-state index < -0.39 is 0 Å². The number of rotatable bonds is 6. The summed E-state index contributed by atoms with van der Waals surface area (Å²) in [5, 5.41) is 16.7. The predicted molar refractivity (Wildman–Crippen MR) is 114 cm³/mol. The van der Waals surface area contributed by atoms with Crippen LogP contribution in [-0.2, 0) is 6.42 Å². The molecule has 4 heteroatoms. The zero-order valence-corrected chi connectivity index (χ0v) is 16.3. The second-order valence-electron chi connectivity index (χ2n) is 6.88. The van der Waals surface area contributed by atoms with Crippen LogP contribution in [0, 0.1) is 0 Å². The van der Waals surface area contributed by atoms with E-state index in [-0.39, 0.29) is 11.7 Å². The minimum atomic E-state index is -0.295. The Kier molecular flexibility index (Phi) is 5.76. The molecule has 0 atom stereocenters. The molecular formula is C26H20N2O2. The number of aromatic nitrogens is 1. The van der Waals surface area contributed by atoms with E-state index in [0.29, 0.717) is 23.1 Å². The van der Waals surface area contributed by atoms with Gasteiger partial charge in [-0.15, -0.1) is 0 Å². The highest BCUT2D eigenvalue weighted by Crippen LogP contribution is 2.13. The molecule has 0 saturated heterocycles. The highest BCUT2D eigenvalue weighted by atomic mass is 16.3. The quantitative estimate of drug-likeness (QED) is 0.219. The van der Waals surface area contributed by atoms with Crippen LogP contribution in [0.1, 0.15) is 32.7 Å². The minimum Gasteiger partial charge on any atom is -0.854 e. The average Bonchev–Trinajstić information content (AvgIpc) is 2.81. The molecule has 0 fully saturated rings. The summed E-state index contributed by atoms with van der Waals surface area (Å²) >= 11 is 0. The van der Waals surface area contributed by atoms with Crippen molar-refractivity contribution in [1.29, 1.82) is 0 Å². The van der Waals surface area contributed by atoms with E-state index in [2.05, 4.69) is 5.10 Å². The molecule has 146 valence electrons. The van der Waals surface area contributed by atoms with Gasteiger partial charge in [-0.05, 0) is 22.3 Å². The van der Waals surface area contributed by atoms with Gasteiger partial charge in [0.1, 0.15) is 0 Å². The first-order chi connectivity index (χ1) is 14.7. The van der Waals surface area contributed by atoms with Crippen LogP contribution < -0.4 is 9.78 Å². The molecular weight excluding hydrogens is 372 g/mol. The van der Waals surface area contributed by atoms with Gasteiger partial charge in [0.15, 0.2) is 5.78 Å². The van der Waals surface area contributed by atoms with Crippen LogP contribution >= 0.6 is 0 Å². The molecule has 0 aliphatic rings. The molecule has 1 heterocycles. The first-order valence-corrected chi connectivity index (χ1v) is 9.70. The Morgan fingerprint density at radius 2 is 1.27 bits per heavy atom. The van der Waals surface area contributed by atoms with E-state index in [4.69, 9.17) is 0 Å². The smallest absolute Gasteiger partial charge is 0.218 e. The lowest BCUT2D eigenvalue weighted by Crippen LogP contribution is -2.37. The normalized spacial score (nSPS) is 11.3. The molecule has 0 unspecified atom stereocenters. The Morgan fingerprint density at radius 3 is 1.93 bits per heavy atom. The molecule has 0 spiro atoms. The molecule has 0 bridgehead atoms. The predicted octanol–water partition coefficient (Wildman–Crippen LogP) is 3.37. The van der Waals surface area contributed by atoms with Gasteiger partial charge in [-0.3, -0.25) is 4.79 Å². The third kappa shape index (κ3) is 4.50. The number of carbonyl (C=O) groups is 1. The molecule has 1 aromatic heterocycles. The lowest BCUT2D eigenvalue weighted by molar-refractivity contribution is -0.688. The van der Waals surface area contributed by atoms with Gasteiger partial charge in [0.25, 0.3) is 0 Å². The fraction of sp³-hybridized carbons (Fsp3) is 0.0385. The van der Waals surface area contributed by atoms with Gasteiger partial charge in [-0.2, -0.15) is 0 Å². The van der Waals surface area contributed by atoms with Crippen molar-refractivity contribution in [3.05, 3.63) is 137 Å². The zero-order valence-electron chi connectivity index (χ0n) is 16.3. The van der Waals surface area contributed by atoms with Crippen molar-refractivity contribution in [3.8, 4) is 0 Å². The maximum atomic E-state index is 12.6.